The van der Waals surface area contributed by atoms with Crippen molar-refractivity contribution in [2.45, 2.75) is 20.0 Å². The fraction of sp³-hybridized carbons (Fsp3) is 0.167. The number of aryl methyl sites for hydroxylation is 1. The van der Waals surface area contributed by atoms with E-state index in [-0.39, 0.29) is 6.61 Å². The van der Waals surface area contributed by atoms with E-state index in [0.29, 0.717) is 22.4 Å². The largest absolute Gasteiger partial charge is 0.469 e. The lowest BCUT2D eigenvalue weighted by molar-refractivity contribution is 0.244. The van der Waals surface area contributed by atoms with E-state index >= 15 is 0 Å². The van der Waals surface area contributed by atoms with E-state index in [1.165, 1.54) is 11.9 Å². The zero-order chi connectivity index (χ0) is 17.2. The van der Waals surface area contributed by atoms with Gasteiger partial charge in [0.1, 0.15) is 16.9 Å². The molecule has 0 N–H and O–H groups in total. The molecule has 3 aromatic heterocycles. The number of hydrogen-bond acceptors (Lipinski definition) is 6. The lowest BCUT2D eigenvalue weighted by Gasteiger charge is -2.04. The molecule has 0 saturated heterocycles. The molecule has 0 fully saturated rings. The Morgan fingerprint density at radius 3 is 2.96 bits per heavy atom. The highest BCUT2D eigenvalue weighted by molar-refractivity contribution is 7.17. The van der Waals surface area contributed by atoms with E-state index in [9.17, 15) is 0 Å². The fourth-order valence-corrected chi connectivity index (χ4v) is 3.81. The molecule has 7 heteroatoms. The van der Waals surface area contributed by atoms with Crippen LogP contribution in [0, 0.1) is 0 Å². The molecule has 4 rings (SSSR count). The van der Waals surface area contributed by atoms with Crippen LogP contribution in [-0.2, 0) is 13.0 Å². The van der Waals surface area contributed by atoms with Crippen molar-refractivity contribution in [3.8, 4) is 17.1 Å². The van der Waals surface area contributed by atoms with Crippen LogP contribution < -0.4 is 4.74 Å². The molecule has 0 bridgehead atoms. The molecular weight excluding hydrogens is 358 g/mol. The van der Waals surface area contributed by atoms with Crippen LogP contribution in [0.2, 0.25) is 5.02 Å². The average molecular weight is 372 g/mol. The zero-order valence-electron chi connectivity index (χ0n) is 13.4. The summed E-state index contributed by atoms with van der Waals surface area (Å²) in [5.41, 5.74) is 2.70. The third-order valence-electron chi connectivity index (χ3n) is 3.85. The molecule has 0 atom stereocenters. The number of fused-ring (bicyclic) bond motifs is 1. The van der Waals surface area contributed by atoms with Gasteiger partial charge >= 0.3 is 0 Å². The molecule has 126 valence electrons. The van der Waals surface area contributed by atoms with E-state index in [4.69, 9.17) is 20.9 Å². The number of rotatable bonds is 5. The predicted molar refractivity (Wildman–Crippen MR) is 98.1 cm³/mol. The van der Waals surface area contributed by atoms with Crippen LogP contribution in [-0.4, -0.2) is 15.1 Å². The Bertz CT molecular complexity index is 1030. The van der Waals surface area contributed by atoms with Crippen molar-refractivity contribution in [2.24, 2.45) is 0 Å². The maximum Gasteiger partial charge on any atom is 0.226 e. The van der Waals surface area contributed by atoms with Crippen LogP contribution in [0.4, 0.5) is 0 Å². The van der Waals surface area contributed by atoms with Crippen molar-refractivity contribution in [1.29, 1.82) is 0 Å². The van der Waals surface area contributed by atoms with Crippen LogP contribution in [0.1, 0.15) is 18.2 Å². The lowest BCUT2D eigenvalue weighted by Crippen LogP contribution is -1.97. The van der Waals surface area contributed by atoms with Gasteiger partial charge in [0.05, 0.1) is 10.4 Å². The predicted octanol–water partition coefficient (Wildman–Crippen LogP) is 5.14. The highest BCUT2D eigenvalue weighted by Gasteiger charge is 2.14. The maximum absolute atomic E-state index is 6.20. The molecular formula is C18H14ClN3O2S. The molecule has 1 aromatic carbocycles. The molecule has 5 nitrogen and oxygen atoms in total. The van der Waals surface area contributed by atoms with Gasteiger partial charge < -0.3 is 9.26 Å². The summed E-state index contributed by atoms with van der Waals surface area (Å²) in [6.07, 6.45) is 2.42. The molecule has 0 aliphatic rings. The first kappa shape index (κ1) is 16.1. The van der Waals surface area contributed by atoms with E-state index in [2.05, 4.69) is 27.4 Å². The second kappa shape index (κ2) is 6.82. The van der Waals surface area contributed by atoms with Gasteiger partial charge in [0.15, 0.2) is 12.4 Å². The Morgan fingerprint density at radius 1 is 1.24 bits per heavy atom. The fourth-order valence-electron chi connectivity index (χ4n) is 2.59. The van der Waals surface area contributed by atoms with Gasteiger partial charge in [-0.25, -0.2) is 9.97 Å². The number of halogens is 1. The van der Waals surface area contributed by atoms with Gasteiger partial charge in [-0.3, -0.25) is 0 Å². The summed E-state index contributed by atoms with van der Waals surface area (Å²) in [6, 6.07) is 9.34. The van der Waals surface area contributed by atoms with Crippen LogP contribution in [0.3, 0.4) is 0 Å². The van der Waals surface area contributed by atoms with Gasteiger partial charge in [-0.15, -0.1) is 11.3 Å². The highest BCUT2D eigenvalue weighted by Crippen LogP contribution is 2.32. The monoisotopic (exact) mass is 371 g/mol. The zero-order valence-corrected chi connectivity index (χ0v) is 15.0. The van der Waals surface area contributed by atoms with Crippen molar-refractivity contribution in [3.05, 3.63) is 58.4 Å². The maximum atomic E-state index is 6.20. The Kier molecular flexibility index (Phi) is 4.38. The Labute approximate surface area is 153 Å². The summed E-state index contributed by atoms with van der Waals surface area (Å²) in [7, 11) is 0. The second-order valence-electron chi connectivity index (χ2n) is 5.42. The summed E-state index contributed by atoms with van der Waals surface area (Å²) in [4.78, 5) is 9.49. The summed E-state index contributed by atoms with van der Waals surface area (Å²) in [5.74, 6) is 1.17. The highest BCUT2D eigenvalue weighted by atomic mass is 35.5. The minimum absolute atomic E-state index is 0.239. The Morgan fingerprint density at radius 2 is 2.12 bits per heavy atom. The van der Waals surface area contributed by atoms with Crippen LogP contribution >= 0.6 is 22.9 Å². The molecule has 0 aliphatic heterocycles. The first-order valence-electron chi connectivity index (χ1n) is 7.80. The SMILES string of the molecule is CCc1csc2ncnc(OCc3cc(-c4ccccc4Cl)no3)c12. The number of ether oxygens (including phenoxy) is 1. The van der Waals surface area contributed by atoms with Gasteiger partial charge in [-0.1, -0.05) is 41.9 Å². The minimum Gasteiger partial charge on any atom is -0.469 e. The van der Waals surface area contributed by atoms with Crippen molar-refractivity contribution < 1.29 is 9.26 Å². The smallest absolute Gasteiger partial charge is 0.226 e. The van der Waals surface area contributed by atoms with Crippen molar-refractivity contribution in [3.63, 3.8) is 0 Å². The van der Waals surface area contributed by atoms with Crippen molar-refractivity contribution >= 4 is 33.2 Å². The average Bonchev–Trinajstić information content (AvgIpc) is 3.27. The number of nitrogens with zero attached hydrogens (tertiary/aromatic N) is 3. The quantitative estimate of drug-likeness (QED) is 0.486. The molecule has 25 heavy (non-hydrogen) atoms. The van der Waals surface area contributed by atoms with E-state index in [1.54, 1.807) is 11.3 Å². The third kappa shape index (κ3) is 3.10. The molecule has 0 unspecified atom stereocenters. The van der Waals surface area contributed by atoms with Crippen LogP contribution in [0.25, 0.3) is 21.5 Å². The van der Waals surface area contributed by atoms with Crippen LogP contribution in [0.5, 0.6) is 5.88 Å². The number of aromatic nitrogens is 3. The summed E-state index contributed by atoms with van der Waals surface area (Å²) in [5, 5.41) is 7.77. The molecule has 0 amide bonds. The third-order valence-corrected chi connectivity index (χ3v) is 5.12. The summed E-state index contributed by atoms with van der Waals surface area (Å²) >= 11 is 7.79. The molecule has 0 radical (unpaired) electrons. The normalized spacial score (nSPS) is 11.1. The molecule has 0 aliphatic carbocycles. The Hall–Kier alpha value is -2.44. The minimum atomic E-state index is 0.239. The van der Waals surface area contributed by atoms with Gasteiger partial charge in [0.25, 0.3) is 0 Å². The molecule has 0 spiro atoms. The first-order valence-corrected chi connectivity index (χ1v) is 9.06. The van der Waals surface area contributed by atoms with Gasteiger partial charge in [0, 0.05) is 11.6 Å². The van der Waals surface area contributed by atoms with Crippen molar-refractivity contribution in [2.75, 3.05) is 0 Å². The van der Waals surface area contributed by atoms with Crippen LogP contribution in [0.15, 0.2) is 46.6 Å². The second-order valence-corrected chi connectivity index (χ2v) is 6.69. The van der Waals surface area contributed by atoms with E-state index in [1.807, 2.05) is 30.3 Å². The lowest BCUT2D eigenvalue weighted by atomic mass is 10.1. The molecule has 0 saturated carbocycles. The van der Waals surface area contributed by atoms with Gasteiger partial charge in [-0.2, -0.15) is 0 Å². The van der Waals surface area contributed by atoms with E-state index in [0.717, 1.165) is 22.2 Å². The first-order chi connectivity index (χ1) is 12.3. The molecule has 4 aromatic rings. The Balaban J connectivity index is 1.57. The number of hydrogen-bond donors (Lipinski definition) is 0. The topological polar surface area (TPSA) is 61.0 Å². The summed E-state index contributed by atoms with van der Waals surface area (Å²) < 4.78 is 11.2. The number of benzene rings is 1. The van der Waals surface area contributed by atoms with Crippen molar-refractivity contribution in [1.82, 2.24) is 15.1 Å². The van der Waals surface area contributed by atoms with Gasteiger partial charge in [0.2, 0.25) is 5.88 Å². The standard InChI is InChI=1S/C18H14ClN3O2S/c1-2-11-9-25-18-16(11)17(20-10-21-18)23-8-12-7-15(22-24-12)13-5-3-4-6-14(13)19/h3-7,9-10H,2,8H2,1H3. The van der Waals surface area contributed by atoms with E-state index < -0.39 is 0 Å². The summed E-state index contributed by atoms with van der Waals surface area (Å²) in [6.45, 7) is 2.34. The van der Waals surface area contributed by atoms with Gasteiger partial charge in [-0.05, 0) is 23.4 Å². The molecule has 3 heterocycles. The number of thiophene rings is 1.